The zero-order chi connectivity index (χ0) is 11.6. The molecule has 0 aliphatic rings. The number of aliphatic hydroxyl groups excluding tert-OH is 1. The van der Waals surface area contributed by atoms with E-state index in [0.717, 1.165) is 30.7 Å². The summed E-state index contributed by atoms with van der Waals surface area (Å²) in [6.07, 6.45) is -2.08. The fourth-order valence-corrected chi connectivity index (χ4v) is 1.36. The van der Waals surface area contributed by atoms with Gasteiger partial charge in [-0.3, -0.25) is 0 Å². The topological polar surface area (TPSA) is 112 Å². The third-order valence-corrected chi connectivity index (χ3v) is 2.59. The zero-order valence-corrected chi connectivity index (χ0v) is 9.69. The summed E-state index contributed by atoms with van der Waals surface area (Å²) in [4.78, 5) is 8.44. The van der Waals surface area contributed by atoms with Crippen LogP contribution in [-0.2, 0) is 0 Å². The van der Waals surface area contributed by atoms with Gasteiger partial charge < -0.3 is 30.1 Å². The number of quaternary nitrogens is 1. The Morgan fingerprint density at radius 2 is 1.47 bits per heavy atom. The molecule has 0 heterocycles. The molecule has 0 aromatic heterocycles. The van der Waals surface area contributed by atoms with Crippen molar-refractivity contribution in [2.24, 2.45) is 0 Å². The largest absolute Gasteiger partial charge is 0.565 e. The quantitative estimate of drug-likeness (QED) is 0.579. The summed E-state index contributed by atoms with van der Waals surface area (Å²) in [6, 6.07) is 0. The molecule has 6 nitrogen and oxygen atoms in total. The zero-order valence-electron chi connectivity index (χ0n) is 9.69. The minimum Gasteiger partial charge on any atom is -0.565 e. The van der Waals surface area contributed by atoms with Crippen molar-refractivity contribution >= 4 is 6.16 Å². The van der Waals surface area contributed by atoms with Gasteiger partial charge >= 0.3 is 0 Å². The molecule has 0 aliphatic carbocycles. The van der Waals surface area contributed by atoms with Gasteiger partial charge in [-0.2, -0.15) is 0 Å². The van der Waals surface area contributed by atoms with Crippen LogP contribution >= 0.6 is 0 Å². The lowest BCUT2D eigenvalue weighted by Gasteiger charge is -2.34. The third-order valence-electron chi connectivity index (χ3n) is 2.59. The number of rotatable bonds is 5. The van der Waals surface area contributed by atoms with E-state index in [1.807, 2.05) is 0 Å². The molecule has 0 bridgehead atoms. The summed E-state index contributed by atoms with van der Waals surface area (Å²) in [5.41, 5.74) is 0. The van der Waals surface area contributed by atoms with Crippen LogP contribution in [0, 0.1) is 0 Å². The minimum absolute atomic E-state index is 0. The van der Waals surface area contributed by atoms with Crippen molar-refractivity contribution in [3.63, 3.8) is 0 Å². The molecule has 0 aromatic carbocycles. The molecule has 0 aliphatic heterocycles. The number of hydrogen-bond acceptors (Lipinski definition) is 3. The highest BCUT2D eigenvalue weighted by Gasteiger charge is 2.18. The average molecular weight is 225 g/mol. The van der Waals surface area contributed by atoms with Crippen LogP contribution < -0.4 is 5.11 Å². The predicted octanol–water partition coefficient (Wildman–Crippen LogP) is -1.08. The maximum atomic E-state index is 8.78. The minimum atomic E-state index is -2.08. The molecular weight excluding hydrogens is 202 g/mol. The maximum absolute atomic E-state index is 8.78. The van der Waals surface area contributed by atoms with Crippen molar-refractivity contribution in [2.45, 2.75) is 20.8 Å². The highest BCUT2D eigenvalue weighted by molar-refractivity contribution is 5.50. The number of carboxylic acid groups (broad SMARTS) is 2. The fraction of sp³-hybridized carbons (Fsp3) is 0.889. The van der Waals surface area contributed by atoms with Crippen LogP contribution in [0.3, 0.4) is 0 Å². The van der Waals surface area contributed by atoms with Crippen LogP contribution in [0.2, 0.25) is 0 Å². The van der Waals surface area contributed by atoms with E-state index in [1.54, 1.807) is 0 Å². The van der Waals surface area contributed by atoms with E-state index < -0.39 is 6.16 Å². The second kappa shape index (κ2) is 11.2. The monoisotopic (exact) mass is 225 g/mol. The maximum Gasteiger partial charge on any atom is 0.249 e. The highest BCUT2D eigenvalue weighted by atomic mass is 16.6. The Labute approximate surface area is 90.7 Å². The van der Waals surface area contributed by atoms with Gasteiger partial charge in [0.15, 0.2) is 0 Å². The number of nitrogens with zero attached hydrogens (tertiary/aromatic N) is 1. The van der Waals surface area contributed by atoms with Crippen LogP contribution in [0.15, 0.2) is 0 Å². The van der Waals surface area contributed by atoms with E-state index >= 15 is 0 Å². The van der Waals surface area contributed by atoms with E-state index in [2.05, 4.69) is 20.8 Å². The first kappa shape index (κ1) is 19.7. The van der Waals surface area contributed by atoms with E-state index in [0.29, 0.717) is 6.61 Å². The summed E-state index contributed by atoms with van der Waals surface area (Å²) in [5.74, 6) is 0. The van der Waals surface area contributed by atoms with Crippen LogP contribution in [0.4, 0.5) is 4.79 Å². The Kier molecular flexibility index (Phi) is 14.7. The van der Waals surface area contributed by atoms with Crippen molar-refractivity contribution in [3.8, 4) is 0 Å². The van der Waals surface area contributed by atoms with Crippen LogP contribution in [-0.4, -0.2) is 59.1 Å². The number of aliphatic hydroxyl groups is 1. The Hall–Kier alpha value is -0.850. The second-order valence-electron chi connectivity index (χ2n) is 3.00. The van der Waals surface area contributed by atoms with Gasteiger partial charge in [-0.15, -0.1) is 0 Å². The van der Waals surface area contributed by atoms with Crippen LogP contribution in [0.1, 0.15) is 20.8 Å². The lowest BCUT2D eigenvalue weighted by atomic mass is 10.3. The fourth-order valence-electron chi connectivity index (χ4n) is 1.36. The van der Waals surface area contributed by atoms with Gasteiger partial charge in [0.1, 0.15) is 6.54 Å². The lowest BCUT2D eigenvalue weighted by molar-refractivity contribution is -0.923. The van der Waals surface area contributed by atoms with Crippen LogP contribution in [0.5, 0.6) is 0 Å². The van der Waals surface area contributed by atoms with Gasteiger partial charge in [-0.05, 0) is 20.8 Å². The average Bonchev–Trinajstić information content (AvgIpc) is 2.14. The first-order valence-electron chi connectivity index (χ1n) is 4.83. The molecule has 0 amide bonds. The second-order valence-corrected chi connectivity index (χ2v) is 3.00. The molecule has 6 heteroatoms. The number of carbonyl (C=O) groups is 1. The summed E-state index contributed by atoms with van der Waals surface area (Å²) in [7, 11) is 0. The molecule has 0 unspecified atom stereocenters. The van der Waals surface area contributed by atoms with E-state index in [4.69, 9.17) is 20.1 Å². The number of likely N-dealkylation sites (N-methyl/N-ethyl adjacent to an activating group) is 1. The molecule has 94 valence electrons. The summed E-state index contributed by atoms with van der Waals surface area (Å²) in [6.45, 7) is 11.2. The van der Waals surface area contributed by atoms with E-state index in [9.17, 15) is 0 Å². The summed E-state index contributed by atoms with van der Waals surface area (Å²) in [5, 5.41) is 24.1. The van der Waals surface area contributed by atoms with Gasteiger partial charge in [0, 0.05) is 0 Å². The molecule has 4 N–H and O–H groups in total. The number of hydrogen-bond donors (Lipinski definition) is 2. The van der Waals surface area contributed by atoms with E-state index in [1.165, 1.54) is 0 Å². The molecule has 0 aromatic rings. The Morgan fingerprint density at radius 1 is 1.20 bits per heavy atom. The molecular formula is C9H23NO5. The molecule has 0 radical (unpaired) electrons. The molecule has 0 saturated heterocycles. The molecule has 15 heavy (non-hydrogen) atoms. The Balaban J connectivity index is -0.000000249. The third kappa shape index (κ3) is 11.1. The smallest absolute Gasteiger partial charge is 0.249 e. The first-order chi connectivity index (χ1) is 6.47. The predicted molar refractivity (Wildman–Crippen MR) is 55.5 cm³/mol. The lowest BCUT2D eigenvalue weighted by Crippen LogP contribution is -2.49. The van der Waals surface area contributed by atoms with Crippen molar-refractivity contribution < 1.29 is 30.1 Å². The molecule has 0 fully saturated rings. The SMILES string of the molecule is CC[N+](CC)(CC)CCO.O.O=C([O-])O. The van der Waals surface area contributed by atoms with Crippen molar-refractivity contribution in [2.75, 3.05) is 32.8 Å². The van der Waals surface area contributed by atoms with Crippen molar-refractivity contribution in [1.29, 1.82) is 0 Å². The van der Waals surface area contributed by atoms with Gasteiger partial charge in [-0.25, -0.2) is 0 Å². The molecule has 0 spiro atoms. The summed E-state index contributed by atoms with van der Waals surface area (Å²) < 4.78 is 1.05. The van der Waals surface area contributed by atoms with Gasteiger partial charge in [-0.1, -0.05) is 0 Å². The Morgan fingerprint density at radius 3 is 1.53 bits per heavy atom. The van der Waals surface area contributed by atoms with Crippen LogP contribution in [0.25, 0.3) is 0 Å². The highest BCUT2D eigenvalue weighted by Crippen LogP contribution is 2.03. The molecule has 0 atom stereocenters. The van der Waals surface area contributed by atoms with Crippen molar-refractivity contribution in [1.82, 2.24) is 0 Å². The Bertz CT molecular complexity index is 135. The molecule has 0 saturated carbocycles. The van der Waals surface area contributed by atoms with Gasteiger partial charge in [0.25, 0.3) is 0 Å². The van der Waals surface area contributed by atoms with Gasteiger partial charge in [0.05, 0.1) is 26.2 Å². The van der Waals surface area contributed by atoms with Gasteiger partial charge in [0.2, 0.25) is 6.16 Å². The normalized spacial score (nSPS) is 9.60. The standard InChI is InChI=1S/C8H20NO.CH2O3.H2O/c1-4-9(5-2,6-3)7-8-10;2-1(3)4;/h10H,4-8H2,1-3H3;(H2,2,3,4);1H2/q+1;;/p-1. The van der Waals surface area contributed by atoms with E-state index in [-0.39, 0.29) is 5.48 Å². The van der Waals surface area contributed by atoms with Crippen molar-refractivity contribution in [3.05, 3.63) is 0 Å². The summed E-state index contributed by atoms with van der Waals surface area (Å²) >= 11 is 0. The first-order valence-corrected chi connectivity index (χ1v) is 4.83. The molecule has 0 rings (SSSR count).